The lowest BCUT2D eigenvalue weighted by Gasteiger charge is -2.14. The van der Waals surface area contributed by atoms with Crippen molar-refractivity contribution in [3.8, 4) is 11.5 Å². The number of hydrogen-bond acceptors (Lipinski definition) is 9. The largest absolute Gasteiger partial charge is 0.493 e. The van der Waals surface area contributed by atoms with Gasteiger partial charge in [-0.3, -0.25) is 9.69 Å². The Kier molecular flexibility index (Phi) is 7.23. The summed E-state index contributed by atoms with van der Waals surface area (Å²) in [6, 6.07) is 5.07. The molecule has 11 nitrogen and oxygen atoms in total. The van der Waals surface area contributed by atoms with Crippen LogP contribution in [0.15, 0.2) is 34.4 Å². The smallest absolute Gasteiger partial charge is 0.373 e. The maximum Gasteiger partial charge on any atom is 0.373 e. The summed E-state index contributed by atoms with van der Waals surface area (Å²) in [4.78, 5) is 49.2. The van der Waals surface area contributed by atoms with Gasteiger partial charge in [-0.25, -0.2) is 14.4 Å². The van der Waals surface area contributed by atoms with Crippen LogP contribution in [0.25, 0.3) is 6.08 Å². The number of nitrogens with one attached hydrogen (secondary N) is 1. The summed E-state index contributed by atoms with van der Waals surface area (Å²) in [6.45, 7) is -0.637. The molecule has 0 unspecified atom stereocenters. The van der Waals surface area contributed by atoms with Crippen LogP contribution in [0.3, 0.4) is 0 Å². The molecule has 0 aliphatic carbocycles. The Labute approximate surface area is 192 Å². The normalized spacial score (nSPS) is 14.3. The standard InChI is InChI=1S/C21H19ClN2O9/c1-29-16-8-12(22)6-11(18(16)32-10-17(25)30-2)7-14-19(26)24(21(28)23-14)9-13-4-5-15(33-13)20(27)31-3/h4-8H,9-10H2,1-3H3,(H,23,28)/b14-7+. The minimum absolute atomic E-state index is 0.0614. The minimum Gasteiger partial charge on any atom is -0.493 e. The van der Waals surface area contributed by atoms with Gasteiger partial charge in [-0.1, -0.05) is 11.6 Å². The van der Waals surface area contributed by atoms with Gasteiger partial charge in [0.25, 0.3) is 5.91 Å². The highest BCUT2D eigenvalue weighted by Crippen LogP contribution is 2.36. The number of ether oxygens (including phenoxy) is 4. The van der Waals surface area contributed by atoms with Crippen molar-refractivity contribution in [2.45, 2.75) is 6.54 Å². The van der Waals surface area contributed by atoms with Gasteiger partial charge in [0.1, 0.15) is 11.5 Å². The molecule has 33 heavy (non-hydrogen) atoms. The van der Waals surface area contributed by atoms with Crippen LogP contribution in [0, 0.1) is 0 Å². The Morgan fingerprint density at radius 2 is 1.91 bits per heavy atom. The number of carbonyl (C=O) groups excluding carboxylic acids is 4. The lowest BCUT2D eigenvalue weighted by atomic mass is 10.1. The van der Waals surface area contributed by atoms with E-state index in [2.05, 4.69) is 14.8 Å². The van der Waals surface area contributed by atoms with Gasteiger partial charge in [-0.2, -0.15) is 0 Å². The number of urea groups is 1. The molecule has 0 radical (unpaired) electrons. The van der Waals surface area contributed by atoms with Gasteiger partial charge in [-0.05, 0) is 24.3 Å². The Bertz CT molecular complexity index is 1140. The maximum atomic E-state index is 12.8. The van der Waals surface area contributed by atoms with E-state index in [9.17, 15) is 19.2 Å². The number of hydrogen-bond donors (Lipinski definition) is 1. The van der Waals surface area contributed by atoms with E-state index in [0.29, 0.717) is 0 Å². The Morgan fingerprint density at radius 3 is 2.58 bits per heavy atom. The number of carbonyl (C=O) groups is 4. The van der Waals surface area contributed by atoms with E-state index in [1.54, 1.807) is 0 Å². The molecule has 1 aliphatic heterocycles. The van der Waals surface area contributed by atoms with Crippen molar-refractivity contribution in [2.24, 2.45) is 0 Å². The van der Waals surface area contributed by atoms with Crippen molar-refractivity contribution in [2.75, 3.05) is 27.9 Å². The average molecular weight is 479 g/mol. The molecule has 1 fully saturated rings. The first-order valence-electron chi connectivity index (χ1n) is 9.36. The van der Waals surface area contributed by atoms with Crippen LogP contribution in [-0.4, -0.2) is 56.7 Å². The summed E-state index contributed by atoms with van der Waals surface area (Å²) < 4.78 is 25.2. The summed E-state index contributed by atoms with van der Waals surface area (Å²) in [7, 11) is 3.79. The number of benzene rings is 1. The molecule has 0 bridgehead atoms. The van der Waals surface area contributed by atoms with Crippen molar-refractivity contribution >= 4 is 41.6 Å². The molecule has 0 spiro atoms. The van der Waals surface area contributed by atoms with E-state index >= 15 is 0 Å². The monoisotopic (exact) mass is 478 g/mol. The molecule has 2 heterocycles. The lowest BCUT2D eigenvalue weighted by molar-refractivity contribution is -0.143. The van der Waals surface area contributed by atoms with Gasteiger partial charge < -0.3 is 28.7 Å². The van der Waals surface area contributed by atoms with Gasteiger partial charge in [-0.15, -0.1) is 0 Å². The van der Waals surface area contributed by atoms with Crippen LogP contribution in [0.4, 0.5) is 4.79 Å². The number of methoxy groups -OCH3 is 3. The molecule has 1 aromatic heterocycles. The highest BCUT2D eigenvalue weighted by Gasteiger charge is 2.35. The second-order valence-corrected chi connectivity index (χ2v) is 6.96. The summed E-state index contributed by atoms with van der Waals surface area (Å²) in [5, 5.41) is 2.72. The molecule has 0 atom stereocenters. The van der Waals surface area contributed by atoms with Crippen LogP contribution in [0.2, 0.25) is 5.02 Å². The predicted molar refractivity (Wildman–Crippen MR) is 113 cm³/mol. The summed E-state index contributed by atoms with van der Waals surface area (Å²) >= 11 is 6.13. The summed E-state index contributed by atoms with van der Waals surface area (Å²) in [5.74, 6) is -1.51. The molecular weight excluding hydrogens is 460 g/mol. The average Bonchev–Trinajstić information content (AvgIpc) is 3.37. The molecule has 1 aliphatic rings. The van der Waals surface area contributed by atoms with Crippen molar-refractivity contribution < 1.29 is 42.5 Å². The molecule has 3 rings (SSSR count). The highest BCUT2D eigenvalue weighted by atomic mass is 35.5. The molecule has 3 amide bonds. The first-order chi connectivity index (χ1) is 15.8. The molecule has 1 aromatic carbocycles. The van der Waals surface area contributed by atoms with Crippen molar-refractivity contribution in [3.05, 3.63) is 52.1 Å². The number of furan rings is 1. The van der Waals surface area contributed by atoms with Crippen molar-refractivity contribution in [1.29, 1.82) is 0 Å². The zero-order valence-electron chi connectivity index (χ0n) is 17.8. The first-order valence-corrected chi connectivity index (χ1v) is 9.73. The van der Waals surface area contributed by atoms with Crippen LogP contribution in [0.5, 0.6) is 11.5 Å². The third kappa shape index (κ3) is 5.26. The lowest BCUT2D eigenvalue weighted by Crippen LogP contribution is -2.30. The molecule has 1 N–H and O–H groups in total. The van der Waals surface area contributed by atoms with E-state index in [1.807, 2.05) is 0 Å². The molecule has 0 saturated carbocycles. The van der Waals surface area contributed by atoms with Crippen LogP contribution in [-0.2, 0) is 25.6 Å². The number of amides is 3. The van der Waals surface area contributed by atoms with E-state index in [1.165, 1.54) is 51.7 Å². The number of esters is 2. The van der Waals surface area contributed by atoms with Crippen LogP contribution >= 0.6 is 11.6 Å². The summed E-state index contributed by atoms with van der Waals surface area (Å²) in [5.41, 5.74) is 0.201. The van der Waals surface area contributed by atoms with Crippen molar-refractivity contribution in [3.63, 3.8) is 0 Å². The zero-order valence-corrected chi connectivity index (χ0v) is 18.6. The third-order valence-electron chi connectivity index (χ3n) is 4.45. The fraction of sp³-hybridized carbons (Fsp3) is 0.238. The van der Waals surface area contributed by atoms with Gasteiger partial charge in [0.05, 0.1) is 27.9 Å². The fourth-order valence-corrected chi connectivity index (χ4v) is 3.11. The molecule has 174 valence electrons. The maximum absolute atomic E-state index is 12.8. The number of nitrogens with zero attached hydrogens (tertiary/aromatic N) is 1. The number of halogens is 1. The first kappa shape index (κ1) is 23.7. The van der Waals surface area contributed by atoms with E-state index in [0.717, 1.165) is 4.90 Å². The van der Waals surface area contributed by atoms with Crippen LogP contribution in [0.1, 0.15) is 21.9 Å². The number of rotatable bonds is 8. The molecule has 12 heteroatoms. The fourth-order valence-electron chi connectivity index (χ4n) is 2.89. The number of imide groups is 1. The topological polar surface area (TPSA) is 134 Å². The second-order valence-electron chi connectivity index (χ2n) is 6.53. The Balaban J connectivity index is 1.87. The van der Waals surface area contributed by atoms with E-state index in [4.69, 9.17) is 25.5 Å². The minimum atomic E-state index is -0.701. The van der Waals surface area contributed by atoms with Gasteiger partial charge in [0, 0.05) is 16.7 Å². The van der Waals surface area contributed by atoms with E-state index in [-0.39, 0.29) is 45.8 Å². The summed E-state index contributed by atoms with van der Waals surface area (Å²) in [6.07, 6.45) is 1.34. The van der Waals surface area contributed by atoms with E-state index < -0.39 is 30.5 Å². The van der Waals surface area contributed by atoms with Gasteiger partial charge in [0.2, 0.25) is 5.76 Å². The third-order valence-corrected chi connectivity index (χ3v) is 4.67. The van der Waals surface area contributed by atoms with Crippen molar-refractivity contribution in [1.82, 2.24) is 10.2 Å². The van der Waals surface area contributed by atoms with Gasteiger partial charge >= 0.3 is 18.0 Å². The van der Waals surface area contributed by atoms with Crippen LogP contribution < -0.4 is 14.8 Å². The SMILES string of the molecule is COC(=O)COc1c(/C=C2/NC(=O)N(Cc3ccc(C(=O)OC)o3)C2=O)cc(Cl)cc1OC. The second kappa shape index (κ2) is 10.1. The molecular formula is C21H19ClN2O9. The molecule has 2 aromatic rings. The quantitative estimate of drug-likeness (QED) is 0.344. The Morgan fingerprint density at radius 1 is 1.15 bits per heavy atom. The zero-order chi connectivity index (χ0) is 24.1. The molecule has 1 saturated heterocycles. The predicted octanol–water partition coefficient (Wildman–Crippen LogP) is 2.37. The van der Waals surface area contributed by atoms with Gasteiger partial charge in [0.15, 0.2) is 18.1 Å². The Hall–Kier alpha value is -3.99. The highest BCUT2D eigenvalue weighted by molar-refractivity contribution is 6.31.